The molecule has 0 nitrogen and oxygen atoms in total. The third kappa shape index (κ3) is 4.80. The van der Waals surface area contributed by atoms with Crippen LogP contribution in [0.25, 0.3) is 22.3 Å². The van der Waals surface area contributed by atoms with Crippen LogP contribution >= 0.6 is 0 Å². The average molecular weight is 516 g/mol. The van der Waals surface area contributed by atoms with Crippen LogP contribution in [0.4, 0.5) is 0 Å². The van der Waals surface area contributed by atoms with E-state index < -0.39 is 0 Å². The zero-order valence-electron chi connectivity index (χ0n) is 20.5. The van der Waals surface area contributed by atoms with Crippen molar-refractivity contribution in [2.75, 3.05) is 0 Å². The quantitative estimate of drug-likeness (QED) is 0.289. The summed E-state index contributed by atoms with van der Waals surface area (Å²) in [4.78, 5) is 0. The van der Waals surface area contributed by atoms with Gasteiger partial charge in [-0.2, -0.15) is 0 Å². The fourth-order valence-corrected chi connectivity index (χ4v) is 5.88. The monoisotopic (exact) mass is 517 g/mol. The van der Waals surface area contributed by atoms with Gasteiger partial charge in [-0.25, -0.2) is 0 Å². The van der Waals surface area contributed by atoms with Gasteiger partial charge >= 0.3 is 204 Å². The van der Waals surface area contributed by atoms with Gasteiger partial charge in [0.1, 0.15) is 0 Å². The van der Waals surface area contributed by atoms with E-state index in [1.807, 2.05) is 0 Å². The molecule has 3 rings (SSSR count). The van der Waals surface area contributed by atoms with Crippen LogP contribution in [0.2, 0.25) is 0 Å². The summed E-state index contributed by atoms with van der Waals surface area (Å²) in [6.07, 6.45) is 0. The summed E-state index contributed by atoms with van der Waals surface area (Å²) in [5, 5.41) is 0. The van der Waals surface area contributed by atoms with Crippen molar-refractivity contribution in [2.24, 2.45) is 0 Å². The molecule has 0 aliphatic rings. The van der Waals surface area contributed by atoms with E-state index in [0.29, 0.717) is 23.7 Å². The first-order valence-electron chi connectivity index (χ1n) is 11.8. The van der Waals surface area contributed by atoms with E-state index in [4.69, 9.17) is 0 Å². The molecular formula is C30H37Sn. The van der Waals surface area contributed by atoms with Gasteiger partial charge in [-0.1, -0.05) is 0 Å². The van der Waals surface area contributed by atoms with Gasteiger partial charge in [-0.15, -0.1) is 0 Å². The molecule has 0 heterocycles. The van der Waals surface area contributed by atoms with E-state index in [9.17, 15) is 0 Å². The van der Waals surface area contributed by atoms with Crippen LogP contribution in [0.3, 0.4) is 0 Å². The Bertz CT molecular complexity index is 920. The molecule has 3 radical (unpaired) electrons. The van der Waals surface area contributed by atoms with Crippen molar-refractivity contribution in [3.63, 3.8) is 0 Å². The van der Waals surface area contributed by atoms with Crippen LogP contribution in [0.1, 0.15) is 101 Å². The predicted molar refractivity (Wildman–Crippen MR) is 139 cm³/mol. The van der Waals surface area contributed by atoms with Crippen molar-refractivity contribution in [3.8, 4) is 22.3 Å². The van der Waals surface area contributed by atoms with Crippen molar-refractivity contribution in [2.45, 2.75) is 79.1 Å². The fraction of sp³-hybridized carbons (Fsp3) is 0.400. The van der Waals surface area contributed by atoms with Crippen molar-refractivity contribution in [1.29, 1.82) is 0 Å². The summed E-state index contributed by atoms with van der Waals surface area (Å²) >= 11 is 1.48. The van der Waals surface area contributed by atoms with Crippen molar-refractivity contribution >= 4 is 26.1 Å². The van der Waals surface area contributed by atoms with Crippen molar-refractivity contribution in [1.82, 2.24) is 0 Å². The standard InChI is InChI=1S/C30H37.Sn/c1-19(2)25-14-10-15-26(20(3)4)29(25)23-12-9-13-24(18-23)30-27(21(5)6)16-11-17-28(30)22(7)8;/h9-17,19-22H,1-8H3;. The molecule has 0 unspecified atom stereocenters. The van der Waals surface area contributed by atoms with E-state index in [-0.39, 0.29) is 0 Å². The minimum absolute atomic E-state index is 0.502. The molecule has 0 aliphatic carbocycles. The van der Waals surface area contributed by atoms with Gasteiger partial charge in [0.2, 0.25) is 0 Å². The zero-order chi connectivity index (χ0) is 22.9. The SMILES string of the molecule is CC(C)c1cccc(C(C)C)c1-c1cccc(-c2c(C(C)C)cccc2C(C)C)[c]1[Sn]. The van der Waals surface area contributed by atoms with Crippen molar-refractivity contribution < 1.29 is 0 Å². The molecule has 0 spiro atoms. The molecule has 161 valence electrons. The number of rotatable bonds is 6. The molecular weight excluding hydrogens is 479 g/mol. The molecule has 3 aromatic carbocycles. The molecule has 1 heteroatoms. The third-order valence-electron chi connectivity index (χ3n) is 6.35. The molecule has 0 aliphatic heterocycles. The summed E-state index contributed by atoms with van der Waals surface area (Å²) < 4.78 is 1.49. The molecule has 0 amide bonds. The van der Waals surface area contributed by atoms with Gasteiger partial charge in [0.25, 0.3) is 0 Å². The van der Waals surface area contributed by atoms with E-state index in [2.05, 4.69) is 110 Å². The van der Waals surface area contributed by atoms with Crippen LogP contribution in [-0.4, -0.2) is 22.5 Å². The van der Waals surface area contributed by atoms with Gasteiger partial charge in [-0.05, 0) is 0 Å². The zero-order valence-corrected chi connectivity index (χ0v) is 23.4. The molecule has 0 bridgehead atoms. The Labute approximate surface area is 203 Å². The van der Waals surface area contributed by atoms with Crippen LogP contribution in [-0.2, 0) is 0 Å². The molecule has 0 saturated carbocycles. The van der Waals surface area contributed by atoms with Crippen LogP contribution in [0, 0.1) is 0 Å². The number of benzene rings is 3. The summed E-state index contributed by atoms with van der Waals surface area (Å²) in [6, 6.07) is 20.8. The van der Waals surface area contributed by atoms with Gasteiger partial charge in [0.15, 0.2) is 0 Å². The van der Waals surface area contributed by atoms with E-state index in [1.165, 1.54) is 70.6 Å². The van der Waals surface area contributed by atoms with E-state index in [0.717, 1.165) is 0 Å². The Balaban J connectivity index is 2.38. The Morgan fingerprint density at radius 3 is 0.968 bits per heavy atom. The molecule has 0 N–H and O–H groups in total. The Morgan fingerprint density at radius 2 is 0.710 bits per heavy atom. The molecule has 0 saturated heterocycles. The summed E-state index contributed by atoms with van der Waals surface area (Å²) in [5.74, 6) is 2.01. The first-order chi connectivity index (χ1) is 14.6. The number of hydrogen-bond donors (Lipinski definition) is 0. The Kier molecular flexibility index (Phi) is 7.73. The molecule has 0 atom stereocenters. The number of hydrogen-bond acceptors (Lipinski definition) is 0. The molecule has 31 heavy (non-hydrogen) atoms. The van der Waals surface area contributed by atoms with E-state index in [1.54, 1.807) is 0 Å². The Hall–Kier alpha value is -1.54. The average Bonchev–Trinajstić information content (AvgIpc) is 2.72. The predicted octanol–water partition coefficient (Wildman–Crippen LogP) is 8.31. The van der Waals surface area contributed by atoms with Gasteiger partial charge in [0, 0.05) is 0 Å². The molecule has 0 fully saturated rings. The summed E-state index contributed by atoms with van der Waals surface area (Å²) in [6.45, 7) is 18.6. The van der Waals surface area contributed by atoms with Crippen LogP contribution < -0.4 is 3.58 Å². The van der Waals surface area contributed by atoms with Gasteiger partial charge < -0.3 is 0 Å². The third-order valence-corrected chi connectivity index (χ3v) is 7.89. The Morgan fingerprint density at radius 1 is 0.452 bits per heavy atom. The molecule has 3 aromatic rings. The second-order valence-electron chi connectivity index (χ2n) is 9.97. The van der Waals surface area contributed by atoms with Crippen LogP contribution in [0.15, 0.2) is 54.6 Å². The second kappa shape index (κ2) is 9.94. The summed E-state index contributed by atoms with van der Waals surface area (Å²) in [7, 11) is 0. The normalized spacial score (nSPS) is 11.9. The maximum atomic E-state index is 2.35. The molecule has 0 aromatic heterocycles. The topological polar surface area (TPSA) is 0 Å². The maximum absolute atomic E-state index is 2.35. The summed E-state index contributed by atoms with van der Waals surface area (Å²) in [5.41, 5.74) is 11.7. The first-order valence-corrected chi connectivity index (χ1v) is 13.2. The van der Waals surface area contributed by atoms with Gasteiger partial charge in [-0.3, -0.25) is 0 Å². The van der Waals surface area contributed by atoms with Crippen molar-refractivity contribution in [3.05, 3.63) is 76.9 Å². The second-order valence-corrected chi connectivity index (χ2v) is 11.4. The van der Waals surface area contributed by atoms with Gasteiger partial charge in [0.05, 0.1) is 0 Å². The minimum atomic E-state index is 0.502. The first kappa shape index (κ1) is 24.1. The van der Waals surface area contributed by atoms with E-state index >= 15 is 0 Å². The fourth-order valence-electron chi connectivity index (χ4n) is 4.69. The van der Waals surface area contributed by atoms with Crippen LogP contribution in [0.5, 0.6) is 0 Å².